The van der Waals surface area contributed by atoms with Gasteiger partial charge in [-0.2, -0.15) is 0 Å². The van der Waals surface area contributed by atoms with E-state index in [1.165, 1.54) is 103 Å². The van der Waals surface area contributed by atoms with Crippen LogP contribution in [0, 0.1) is 0 Å². The van der Waals surface area contributed by atoms with Crippen LogP contribution in [0.5, 0.6) is 0 Å². The van der Waals surface area contributed by atoms with Crippen molar-refractivity contribution >= 4 is 147 Å². The van der Waals surface area contributed by atoms with Crippen molar-refractivity contribution in [3.8, 4) is 33.4 Å². The van der Waals surface area contributed by atoms with Gasteiger partial charge < -0.3 is 17.7 Å². The lowest BCUT2D eigenvalue weighted by Crippen LogP contribution is -1.84. The van der Waals surface area contributed by atoms with E-state index in [0.29, 0.717) is 0 Å². The molecule has 5 heterocycles. The molecule has 13 aromatic carbocycles. The number of fused-ring (bicyclic) bond motifs is 19. The highest BCUT2D eigenvalue weighted by atomic mass is 16.3. The van der Waals surface area contributed by atoms with Crippen molar-refractivity contribution in [2.45, 2.75) is 0 Å². The molecule has 340 valence electrons. The van der Waals surface area contributed by atoms with Crippen LogP contribution < -0.4 is 0 Å². The predicted octanol–water partition coefficient (Wildman–Crippen LogP) is 20.1. The summed E-state index contributed by atoms with van der Waals surface area (Å²) in [5, 5.41) is 21.4. The van der Waals surface area contributed by atoms with Gasteiger partial charge in [-0.05, 0) is 192 Å². The Morgan fingerprint density at radius 1 is 0.203 bits per heavy atom. The van der Waals surface area contributed by atoms with Crippen molar-refractivity contribution in [1.82, 2.24) is 4.40 Å². The predicted molar refractivity (Wildman–Crippen MR) is 309 cm³/mol. The number of benzene rings is 13. The van der Waals surface area contributed by atoms with Crippen LogP contribution in [0.2, 0.25) is 0 Å². The highest BCUT2D eigenvalue weighted by molar-refractivity contribution is 6.27. The van der Waals surface area contributed by atoms with E-state index in [0.717, 1.165) is 76.9 Å². The first-order valence-corrected chi connectivity index (χ1v) is 25.3. The number of hydrogen-bond donors (Lipinski definition) is 0. The van der Waals surface area contributed by atoms with E-state index < -0.39 is 0 Å². The van der Waals surface area contributed by atoms with Gasteiger partial charge in [0.2, 0.25) is 0 Å². The second-order valence-corrected chi connectivity index (χ2v) is 20.4. The Morgan fingerprint density at radius 3 is 1.08 bits per heavy atom. The van der Waals surface area contributed by atoms with Gasteiger partial charge in [0.05, 0.1) is 16.6 Å². The summed E-state index contributed by atoms with van der Waals surface area (Å²) in [6.07, 6.45) is 0. The van der Waals surface area contributed by atoms with Gasteiger partial charge >= 0.3 is 0 Å². The molecule has 0 radical (unpaired) electrons. The van der Waals surface area contributed by atoms with E-state index in [2.05, 4.69) is 223 Å². The van der Waals surface area contributed by atoms with E-state index in [1.807, 2.05) is 6.07 Å². The summed E-state index contributed by atoms with van der Waals surface area (Å²) in [4.78, 5) is 0. The maximum Gasteiger partial charge on any atom is 0.136 e. The second-order valence-electron chi connectivity index (χ2n) is 20.4. The number of aromatic nitrogens is 1. The molecule has 74 heavy (non-hydrogen) atoms. The molecular weight excluding hydrogens is 903 g/mol. The number of furan rings is 3. The third kappa shape index (κ3) is 5.35. The number of nitrogens with zero attached hydrogens (tertiary/aromatic N) is 1. The molecule has 0 N–H and O–H groups in total. The first-order valence-electron chi connectivity index (χ1n) is 25.3. The Morgan fingerprint density at radius 2 is 0.554 bits per heavy atom. The van der Waals surface area contributed by atoms with Gasteiger partial charge in [-0.15, -0.1) is 0 Å². The van der Waals surface area contributed by atoms with Crippen LogP contribution >= 0.6 is 0 Å². The van der Waals surface area contributed by atoms with E-state index in [9.17, 15) is 0 Å². The first kappa shape index (κ1) is 38.8. The maximum absolute atomic E-state index is 6.41. The molecular formula is C70H37NO3. The smallest absolute Gasteiger partial charge is 0.136 e. The zero-order chi connectivity index (χ0) is 47.9. The van der Waals surface area contributed by atoms with Crippen molar-refractivity contribution in [1.29, 1.82) is 0 Å². The Bertz CT molecular complexity index is 5230. The molecule has 4 heteroatoms. The standard InChI is InChI=1S/C70H37NO3/c1-3-9-40-36-68-58(27-38(40)7-1)56-29-44(17-20-66(56)73-68)42-13-15-46-25-53-60-32-51(48-19-22-65-55(31-48)52-11-5-6-12-64(52)72-65)33-61-54-26-47-16-14-43(24-50(47)35-63(54)71(70(60)61)62(53)34-49(46)23-42)45-18-21-67-57(30-45)59-28-39-8-2-4-10-41(39)37-69(59)74-67/h1-37H. The third-order valence-corrected chi connectivity index (χ3v) is 16.4. The number of rotatable bonds is 3. The van der Waals surface area contributed by atoms with Crippen molar-refractivity contribution in [3.05, 3.63) is 224 Å². The van der Waals surface area contributed by atoms with Crippen molar-refractivity contribution in [2.75, 3.05) is 0 Å². The van der Waals surface area contributed by atoms with E-state index in [4.69, 9.17) is 13.3 Å². The van der Waals surface area contributed by atoms with Crippen LogP contribution in [0.1, 0.15) is 0 Å². The Hall–Kier alpha value is -9.90. The fourth-order valence-electron chi connectivity index (χ4n) is 12.7. The zero-order valence-corrected chi connectivity index (χ0v) is 39.5. The summed E-state index contributed by atoms with van der Waals surface area (Å²) in [6.45, 7) is 0. The molecule has 4 nitrogen and oxygen atoms in total. The topological polar surface area (TPSA) is 43.8 Å². The van der Waals surface area contributed by atoms with Gasteiger partial charge in [0.1, 0.15) is 33.5 Å². The Balaban J connectivity index is 0.847. The Labute approximate surface area is 420 Å². The molecule has 0 fully saturated rings. The molecule has 0 aliphatic heterocycles. The van der Waals surface area contributed by atoms with Crippen LogP contribution in [-0.2, 0) is 0 Å². The average molecular weight is 940 g/mol. The highest BCUT2D eigenvalue weighted by Crippen LogP contribution is 2.46. The van der Waals surface area contributed by atoms with E-state index in [1.54, 1.807) is 0 Å². The molecule has 18 aromatic rings. The molecule has 0 saturated heterocycles. The summed E-state index contributed by atoms with van der Waals surface area (Å²) in [7, 11) is 0. The van der Waals surface area contributed by atoms with Crippen LogP contribution in [0.25, 0.3) is 180 Å². The number of para-hydroxylation sites is 1. The molecule has 0 aliphatic carbocycles. The minimum atomic E-state index is 0.900. The quantitative estimate of drug-likeness (QED) is 0.177. The SMILES string of the molecule is c1ccc2cc3c(cc2c1)oc1ccc(-c2ccc4cc5c6cc(-c7ccc8oc9ccccc9c8c7)cc7c8cc9ccc(-c%10ccc%11oc%12cc%13ccccc%13cc%12c%11c%10)cc9cc8n(c5cc4c2)c67)cc13. The summed E-state index contributed by atoms with van der Waals surface area (Å²) in [5.41, 5.74) is 16.1. The van der Waals surface area contributed by atoms with Crippen LogP contribution in [0.15, 0.2) is 238 Å². The molecule has 0 unspecified atom stereocenters. The van der Waals surface area contributed by atoms with Gasteiger partial charge in [-0.1, -0.05) is 109 Å². The lowest BCUT2D eigenvalue weighted by Gasteiger charge is -2.08. The third-order valence-electron chi connectivity index (χ3n) is 16.4. The van der Waals surface area contributed by atoms with Crippen LogP contribution in [-0.4, -0.2) is 4.40 Å². The molecule has 18 rings (SSSR count). The number of hydrogen-bond acceptors (Lipinski definition) is 3. The normalized spacial score (nSPS) is 12.6. The van der Waals surface area contributed by atoms with Gasteiger partial charge in [-0.25, -0.2) is 0 Å². The molecule has 0 spiro atoms. The molecule has 0 aliphatic rings. The van der Waals surface area contributed by atoms with Crippen LogP contribution in [0.3, 0.4) is 0 Å². The molecule has 0 atom stereocenters. The minimum Gasteiger partial charge on any atom is -0.456 e. The minimum absolute atomic E-state index is 0.900. The summed E-state index contributed by atoms with van der Waals surface area (Å²) in [6, 6.07) is 82.4. The van der Waals surface area contributed by atoms with Gasteiger partial charge in [0.15, 0.2) is 0 Å². The van der Waals surface area contributed by atoms with Gasteiger partial charge in [0.25, 0.3) is 0 Å². The maximum atomic E-state index is 6.41. The fraction of sp³-hybridized carbons (Fsp3) is 0. The first-order chi connectivity index (χ1) is 36.6. The summed E-state index contributed by atoms with van der Waals surface area (Å²) in [5.74, 6) is 0. The second kappa shape index (κ2) is 13.9. The lowest BCUT2D eigenvalue weighted by atomic mass is 9.95. The van der Waals surface area contributed by atoms with Crippen LogP contribution in [0.4, 0.5) is 0 Å². The van der Waals surface area contributed by atoms with Crippen molar-refractivity contribution < 1.29 is 13.3 Å². The monoisotopic (exact) mass is 939 g/mol. The molecule has 0 amide bonds. The zero-order valence-electron chi connectivity index (χ0n) is 39.5. The van der Waals surface area contributed by atoms with Crippen molar-refractivity contribution in [2.24, 2.45) is 0 Å². The molecule has 0 bridgehead atoms. The van der Waals surface area contributed by atoms with Gasteiger partial charge in [0, 0.05) is 53.9 Å². The summed E-state index contributed by atoms with van der Waals surface area (Å²) >= 11 is 0. The lowest BCUT2D eigenvalue weighted by molar-refractivity contribution is 0.668. The van der Waals surface area contributed by atoms with Gasteiger partial charge in [-0.3, -0.25) is 0 Å². The van der Waals surface area contributed by atoms with E-state index >= 15 is 0 Å². The molecule has 0 saturated carbocycles. The van der Waals surface area contributed by atoms with Crippen molar-refractivity contribution in [3.63, 3.8) is 0 Å². The van der Waals surface area contributed by atoms with E-state index in [-0.39, 0.29) is 0 Å². The average Bonchev–Trinajstić information content (AvgIpc) is 4.26. The fourth-order valence-corrected chi connectivity index (χ4v) is 12.7. The summed E-state index contributed by atoms with van der Waals surface area (Å²) < 4.78 is 21.6. The Kier molecular flexibility index (Phi) is 7.31. The largest absolute Gasteiger partial charge is 0.456 e. The highest BCUT2D eigenvalue weighted by Gasteiger charge is 2.22. The molecule has 5 aromatic heterocycles.